The molecule has 0 atom stereocenters. The summed E-state index contributed by atoms with van der Waals surface area (Å²) in [4.78, 5) is 29.0. The van der Waals surface area contributed by atoms with Crippen LogP contribution in [0, 0.1) is 0 Å². The molecule has 1 spiro atoms. The highest BCUT2D eigenvalue weighted by atomic mass is 16.5. The monoisotopic (exact) mass is 383 g/mol. The average Bonchev–Trinajstić information content (AvgIpc) is 3.20. The Morgan fingerprint density at radius 1 is 1.21 bits per heavy atom. The minimum absolute atomic E-state index is 0.0900. The van der Waals surface area contributed by atoms with Crippen LogP contribution in [0.25, 0.3) is 0 Å². The number of amides is 3. The molecule has 3 amide bonds. The van der Waals surface area contributed by atoms with E-state index in [2.05, 4.69) is 10.4 Å². The SMILES string of the molecule is COCCN1C(=O)CC2(CCN(C(=O)Nc3ccccc3)CC2)n2nccc21. The molecule has 4 rings (SSSR count). The van der Waals surface area contributed by atoms with E-state index in [9.17, 15) is 9.59 Å². The van der Waals surface area contributed by atoms with Crippen LogP contribution in [-0.4, -0.2) is 60.0 Å². The summed E-state index contributed by atoms with van der Waals surface area (Å²) in [5.41, 5.74) is 0.423. The van der Waals surface area contributed by atoms with E-state index in [0.29, 0.717) is 45.5 Å². The zero-order chi connectivity index (χ0) is 19.6. The number of anilines is 2. The normalized spacial score (nSPS) is 18.2. The minimum atomic E-state index is -0.358. The van der Waals surface area contributed by atoms with E-state index >= 15 is 0 Å². The van der Waals surface area contributed by atoms with Gasteiger partial charge in [-0.2, -0.15) is 5.10 Å². The van der Waals surface area contributed by atoms with Gasteiger partial charge in [0.25, 0.3) is 0 Å². The molecule has 2 aliphatic rings. The van der Waals surface area contributed by atoms with Crippen LogP contribution < -0.4 is 10.2 Å². The lowest BCUT2D eigenvalue weighted by Crippen LogP contribution is -2.55. The number of para-hydroxylation sites is 1. The molecule has 0 radical (unpaired) electrons. The Labute approximate surface area is 164 Å². The van der Waals surface area contributed by atoms with Gasteiger partial charge in [-0.15, -0.1) is 0 Å². The van der Waals surface area contributed by atoms with Gasteiger partial charge >= 0.3 is 6.03 Å². The molecule has 0 aliphatic carbocycles. The molecule has 2 aromatic rings. The fourth-order valence-electron chi connectivity index (χ4n) is 4.11. The summed E-state index contributed by atoms with van der Waals surface area (Å²) in [7, 11) is 1.63. The van der Waals surface area contributed by atoms with Crippen molar-refractivity contribution in [3.05, 3.63) is 42.6 Å². The molecule has 8 heteroatoms. The van der Waals surface area contributed by atoms with Crippen molar-refractivity contribution in [2.45, 2.75) is 24.8 Å². The molecule has 0 saturated carbocycles. The Morgan fingerprint density at radius 3 is 2.68 bits per heavy atom. The third-order valence-electron chi connectivity index (χ3n) is 5.66. The van der Waals surface area contributed by atoms with E-state index in [4.69, 9.17) is 4.74 Å². The van der Waals surface area contributed by atoms with E-state index < -0.39 is 0 Å². The molecule has 1 aromatic heterocycles. The molecule has 1 N–H and O–H groups in total. The predicted molar refractivity (Wildman–Crippen MR) is 105 cm³/mol. The van der Waals surface area contributed by atoms with Gasteiger partial charge in [0.1, 0.15) is 5.82 Å². The van der Waals surface area contributed by atoms with Crippen LogP contribution in [0.4, 0.5) is 16.3 Å². The summed E-state index contributed by atoms with van der Waals surface area (Å²) in [6.45, 7) is 2.17. The lowest BCUT2D eigenvalue weighted by atomic mass is 9.82. The Hall–Kier alpha value is -2.87. The summed E-state index contributed by atoms with van der Waals surface area (Å²) >= 11 is 0. The Bertz CT molecular complexity index is 843. The molecular formula is C20H25N5O3. The maximum absolute atomic E-state index is 12.8. The van der Waals surface area contributed by atoms with Gasteiger partial charge in [-0.25, -0.2) is 9.48 Å². The van der Waals surface area contributed by atoms with E-state index in [1.165, 1.54) is 0 Å². The highest BCUT2D eigenvalue weighted by molar-refractivity contribution is 5.95. The van der Waals surface area contributed by atoms with Crippen LogP contribution >= 0.6 is 0 Å². The molecule has 148 valence electrons. The topological polar surface area (TPSA) is 79.7 Å². The number of hydrogen-bond donors (Lipinski definition) is 1. The fourth-order valence-corrected chi connectivity index (χ4v) is 4.11. The zero-order valence-electron chi connectivity index (χ0n) is 16.0. The van der Waals surface area contributed by atoms with Crippen LogP contribution in [0.15, 0.2) is 42.6 Å². The highest BCUT2D eigenvalue weighted by Gasteiger charge is 2.46. The number of aromatic nitrogens is 2. The standard InChI is InChI=1S/C20H25N5O3/c1-28-14-13-24-17-7-10-21-25(17)20(15-18(24)26)8-11-23(12-9-20)19(27)22-16-5-3-2-4-6-16/h2-7,10H,8-9,11-15H2,1H3,(H,22,27). The summed E-state index contributed by atoms with van der Waals surface area (Å²) in [6, 6.07) is 11.2. The van der Waals surface area contributed by atoms with E-state index in [1.807, 2.05) is 46.0 Å². The molecular weight excluding hydrogens is 358 g/mol. The molecule has 0 bridgehead atoms. The average molecular weight is 383 g/mol. The van der Waals surface area contributed by atoms with Crippen molar-refractivity contribution in [3.63, 3.8) is 0 Å². The number of rotatable bonds is 4. The number of carbonyl (C=O) groups is 2. The Kier molecular flexibility index (Phi) is 5.04. The number of fused-ring (bicyclic) bond motifs is 2. The predicted octanol–water partition coefficient (Wildman–Crippen LogP) is 2.29. The first-order chi connectivity index (χ1) is 13.6. The molecule has 1 saturated heterocycles. The third kappa shape index (κ3) is 3.35. The second-order valence-electron chi connectivity index (χ2n) is 7.32. The van der Waals surface area contributed by atoms with Gasteiger partial charge in [-0.05, 0) is 25.0 Å². The number of benzene rings is 1. The summed E-state index contributed by atoms with van der Waals surface area (Å²) in [6.07, 6.45) is 3.55. The van der Waals surface area contributed by atoms with Gasteiger partial charge in [0.05, 0.1) is 31.3 Å². The molecule has 8 nitrogen and oxygen atoms in total. The van der Waals surface area contributed by atoms with Gasteiger partial charge < -0.3 is 15.0 Å². The largest absolute Gasteiger partial charge is 0.383 e. The molecule has 1 aromatic carbocycles. The fraction of sp³-hybridized carbons (Fsp3) is 0.450. The maximum Gasteiger partial charge on any atom is 0.321 e. The minimum Gasteiger partial charge on any atom is -0.383 e. The van der Waals surface area contributed by atoms with Gasteiger partial charge in [0.2, 0.25) is 5.91 Å². The van der Waals surface area contributed by atoms with Crippen LogP contribution in [0.5, 0.6) is 0 Å². The number of carbonyl (C=O) groups excluding carboxylic acids is 2. The molecule has 0 unspecified atom stereocenters. The first-order valence-corrected chi connectivity index (χ1v) is 9.58. The Morgan fingerprint density at radius 2 is 1.96 bits per heavy atom. The van der Waals surface area contributed by atoms with Crippen molar-refractivity contribution in [3.8, 4) is 0 Å². The number of urea groups is 1. The van der Waals surface area contributed by atoms with Crippen molar-refractivity contribution >= 4 is 23.4 Å². The molecule has 28 heavy (non-hydrogen) atoms. The van der Waals surface area contributed by atoms with Crippen LogP contribution in [-0.2, 0) is 15.1 Å². The van der Waals surface area contributed by atoms with E-state index in [1.54, 1.807) is 18.2 Å². The Balaban J connectivity index is 1.46. The first kappa shape index (κ1) is 18.5. The van der Waals surface area contributed by atoms with Crippen molar-refractivity contribution in [1.29, 1.82) is 0 Å². The number of ether oxygens (including phenoxy) is 1. The van der Waals surface area contributed by atoms with Gasteiger partial charge in [-0.3, -0.25) is 9.69 Å². The number of piperidine rings is 1. The van der Waals surface area contributed by atoms with Gasteiger partial charge in [-0.1, -0.05) is 18.2 Å². The van der Waals surface area contributed by atoms with Crippen LogP contribution in [0.3, 0.4) is 0 Å². The third-order valence-corrected chi connectivity index (χ3v) is 5.66. The smallest absolute Gasteiger partial charge is 0.321 e. The number of nitrogens with zero attached hydrogens (tertiary/aromatic N) is 4. The van der Waals surface area contributed by atoms with E-state index in [0.717, 1.165) is 11.5 Å². The second-order valence-corrected chi connectivity index (χ2v) is 7.32. The lowest BCUT2D eigenvalue weighted by Gasteiger charge is -2.46. The van der Waals surface area contributed by atoms with Crippen LogP contribution in [0.2, 0.25) is 0 Å². The summed E-state index contributed by atoms with van der Waals surface area (Å²) < 4.78 is 7.12. The maximum atomic E-state index is 12.8. The van der Waals surface area contributed by atoms with Crippen LogP contribution in [0.1, 0.15) is 19.3 Å². The number of likely N-dealkylation sites (tertiary alicyclic amines) is 1. The summed E-state index contributed by atoms with van der Waals surface area (Å²) in [5.74, 6) is 0.905. The highest BCUT2D eigenvalue weighted by Crippen LogP contribution is 2.40. The molecule has 2 aliphatic heterocycles. The van der Waals surface area contributed by atoms with Gasteiger partial charge in [0.15, 0.2) is 0 Å². The lowest BCUT2D eigenvalue weighted by molar-refractivity contribution is -0.123. The molecule has 3 heterocycles. The first-order valence-electron chi connectivity index (χ1n) is 9.58. The van der Waals surface area contributed by atoms with Gasteiger partial charge in [0, 0.05) is 32.0 Å². The van der Waals surface area contributed by atoms with Crippen molar-refractivity contribution in [2.75, 3.05) is 43.6 Å². The van der Waals surface area contributed by atoms with Crippen molar-refractivity contribution < 1.29 is 14.3 Å². The van der Waals surface area contributed by atoms with Crippen molar-refractivity contribution in [2.24, 2.45) is 0 Å². The van der Waals surface area contributed by atoms with E-state index in [-0.39, 0.29) is 17.5 Å². The number of methoxy groups -OCH3 is 1. The van der Waals surface area contributed by atoms with Crippen molar-refractivity contribution in [1.82, 2.24) is 14.7 Å². The number of hydrogen-bond acceptors (Lipinski definition) is 4. The number of nitrogens with one attached hydrogen (secondary N) is 1. The zero-order valence-corrected chi connectivity index (χ0v) is 16.0. The quantitative estimate of drug-likeness (QED) is 0.879. The molecule has 1 fully saturated rings. The summed E-state index contributed by atoms with van der Waals surface area (Å²) in [5, 5.41) is 7.46. The second kappa shape index (κ2) is 7.63.